The molecule has 1 aliphatic rings. The molecule has 2 aromatic heterocycles. The van der Waals surface area contributed by atoms with Crippen LogP contribution in [0.2, 0.25) is 0 Å². The molecule has 6 nitrogen and oxygen atoms in total. The fourth-order valence-electron chi connectivity index (χ4n) is 3.79. The van der Waals surface area contributed by atoms with Gasteiger partial charge >= 0.3 is 0 Å². The molecule has 3 heterocycles. The minimum absolute atomic E-state index is 0.0687. The maximum Gasteiger partial charge on any atom is 0.175 e. The summed E-state index contributed by atoms with van der Waals surface area (Å²) in [6.45, 7) is 3.31. The second kappa shape index (κ2) is 6.69. The van der Waals surface area contributed by atoms with Crippen molar-refractivity contribution in [3.63, 3.8) is 0 Å². The maximum absolute atomic E-state index is 15.5. The molecule has 4 aromatic rings. The van der Waals surface area contributed by atoms with E-state index in [1.54, 1.807) is 12.3 Å². The Balaban J connectivity index is 1.72. The first-order valence-corrected chi connectivity index (χ1v) is 9.19. The van der Waals surface area contributed by atoms with Crippen LogP contribution in [-0.4, -0.2) is 46.2 Å². The van der Waals surface area contributed by atoms with Crippen molar-refractivity contribution in [1.29, 1.82) is 0 Å². The van der Waals surface area contributed by atoms with E-state index in [0.29, 0.717) is 16.8 Å². The molecule has 0 aliphatic carbocycles. The molecule has 2 N–H and O–H groups in total. The number of nitrogens with one attached hydrogen (secondary N) is 1. The first-order valence-electron chi connectivity index (χ1n) is 9.19. The zero-order valence-corrected chi connectivity index (χ0v) is 15.1. The molecule has 0 atom stereocenters. The van der Waals surface area contributed by atoms with Crippen molar-refractivity contribution in [2.45, 2.75) is 0 Å². The van der Waals surface area contributed by atoms with Gasteiger partial charge in [0.15, 0.2) is 5.82 Å². The molecule has 0 saturated carbocycles. The van der Waals surface area contributed by atoms with Gasteiger partial charge in [0.05, 0.1) is 5.39 Å². The first kappa shape index (κ1) is 16.8. The number of hydrogen-bond acceptors (Lipinski definition) is 6. The highest BCUT2D eigenvalue weighted by Gasteiger charge is 2.20. The van der Waals surface area contributed by atoms with Gasteiger partial charge in [0.2, 0.25) is 0 Å². The summed E-state index contributed by atoms with van der Waals surface area (Å²) in [6.07, 6.45) is 3.02. The van der Waals surface area contributed by atoms with Crippen molar-refractivity contribution >= 4 is 27.5 Å². The molecule has 0 unspecified atom stereocenters. The van der Waals surface area contributed by atoms with Gasteiger partial charge in [0.1, 0.15) is 29.1 Å². The summed E-state index contributed by atoms with van der Waals surface area (Å²) in [7, 11) is 0. The van der Waals surface area contributed by atoms with Crippen LogP contribution in [-0.2, 0) is 0 Å². The summed E-state index contributed by atoms with van der Waals surface area (Å²) < 4.78 is 15.5. The number of hydrogen-bond donors (Lipinski definition) is 2. The van der Waals surface area contributed by atoms with Crippen molar-refractivity contribution in [3.8, 4) is 17.0 Å². The molecule has 0 bridgehead atoms. The minimum atomic E-state index is -0.507. The summed E-state index contributed by atoms with van der Waals surface area (Å²) >= 11 is 0. The predicted molar refractivity (Wildman–Crippen MR) is 107 cm³/mol. The smallest absolute Gasteiger partial charge is 0.175 e. The Morgan fingerprint density at radius 2 is 1.82 bits per heavy atom. The number of nitrogens with zero attached hydrogens (tertiary/aromatic N) is 4. The van der Waals surface area contributed by atoms with Crippen LogP contribution >= 0.6 is 0 Å². The highest BCUT2D eigenvalue weighted by Crippen LogP contribution is 2.35. The van der Waals surface area contributed by atoms with E-state index in [4.69, 9.17) is 0 Å². The fraction of sp³-hybridized carbons (Fsp3) is 0.190. The quantitative estimate of drug-likeness (QED) is 0.561. The van der Waals surface area contributed by atoms with E-state index >= 15 is 4.39 Å². The summed E-state index contributed by atoms with van der Waals surface area (Å²) in [4.78, 5) is 15.1. The van der Waals surface area contributed by atoms with Crippen LogP contribution in [0.25, 0.3) is 32.9 Å². The third-order valence-corrected chi connectivity index (χ3v) is 5.12. The van der Waals surface area contributed by atoms with Crippen molar-refractivity contribution in [1.82, 2.24) is 20.3 Å². The van der Waals surface area contributed by atoms with Crippen molar-refractivity contribution in [3.05, 3.63) is 54.7 Å². The number of phenolic OH excluding ortho intramolecular Hbond substituents is 1. The molecule has 1 saturated heterocycles. The van der Waals surface area contributed by atoms with E-state index in [9.17, 15) is 5.11 Å². The van der Waals surface area contributed by atoms with Crippen molar-refractivity contribution in [2.24, 2.45) is 0 Å². The fourth-order valence-corrected chi connectivity index (χ4v) is 3.79. The number of aromatic nitrogens is 3. The third-order valence-electron chi connectivity index (χ3n) is 5.12. The average Bonchev–Trinajstić information content (AvgIpc) is 2.74. The normalized spacial score (nSPS) is 14.7. The highest BCUT2D eigenvalue weighted by atomic mass is 19.1. The van der Waals surface area contributed by atoms with E-state index in [0.717, 1.165) is 37.0 Å². The Hall–Kier alpha value is -3.32. The van der Waals surface area contributed by atoms with Gasteiger partial charge in [-0.25, -0.2) is 14.4 Å². The summed E-state index contributed by atoms with van der Waals surface area (Å²) in [5, 5.41) is 15.6. The molecule has 0 amide bonds. The molecule has 140 valence electrons. The maximum atomic E-state index is 15.5. The monoisotopic (exact) mass is 375 g/mol. The lowest BCUT2D eigenvalue weighted by Gasteiger charge is -2.29. The van der Waals surface area contributed by atoms with Crippen LogP contribution < -0.4 is 10.2 Å². The number of pyridine rings is 1. The van der Waals surface area contributed by atoms with Crippen LogP contribution in [0.1, 0.15) is 0 Å². The van der Waals surface area contributed by atoms with Gasteiger partial charge in [0, 0.05) is 37.9 Å². The standard InChI is InChI=1S/C21H18FN5O/c22-18-19(16-10-14(28)9-13-3-1-2-4-15(13)16)24-11-17-20(18)25-12-26-21(17)27-7-5-23-6-8-27/h1-4,9-12,23,28H,5-8H2. The molecule has 28 heavy (non-hydrogen) atoms. The molecular weight excluding hydrogens is 357 g/mol. The number of benzene rings is 2. The minimum Gasteiger partial charge on any atom is -0.508 e. The molecule has 2 aromatic carbocycles. The first-order chi connectivity index (χ1) is 13.7. The molecule has 7 heteroatoms. The number of anilines is 1. The Kier molecular flexibility index (Phi) is 4.02. The molecule has 5 rings (SSSR count). The van der Waals surface area contributed by atoms with Gasteiger partial charge in [-0.3, -0.25) is 4.98 Å². The summed E-state index contributed by atoms with van der Waals surface area (Å²) in [6, 6.07) is 10.7. The number of rotatable bonds is 2. The lowest BCUT2D eigenvalue weighted by molar-refractivity contribution is 0.476. The van der Waals surface area contributed by atoms with Crippen LogP contribution in [0.5, 0.6) is 5.75 Å². The second-order valence-electron chi connectivity index (χ2n) is 6.83. The van der Waals surface area contributed by atoms with Gasteiger partial charge in [-0.1, -0.05) is 24.3 Å². The van der Waals surface area contributed by atoms with E-state index in [1.807, 2.05) is 24.3 Å². The zero-order valence-electron chi connectivity index (χ0n) is 15.1. The second-order valence-corrected chi connectivity index (χ2v) is 6.83. The topological polar surface area (TPSA) is 74.2 Å². The largest absolute Gasteiger partial charge is 0.508 e. The Morgan fingerprint density at radius 1 is 1.00 bits per heavy atom. The van der Waals surface area contributed by atoms with Crippen LogP contribution in [0.3, 0.4) is 0 Å². The Bertz CT molecular complexity index is 1190. The molecule has 1 aliphatic heterocycles. The van der Waals surface area contributed by atoms with Crippen LogP contribution in [0, 0.1) is 5.82 Å². The number of piperazine rings is 1. The molecule has 0 spiro atoms. The molecule has 1 fully saturated rings. The number of halogens is 1. The summed E-state index contributed by atoms with van der Waals surface area (Å²) in [5.74, 6) is 0.261. The molecular formula is C21H18FN5O. The summed E-state index contributed by atoms with van der Waals surface area (Å²) in [5.41, 5.74) is 0.947. The average molecular weight is 375 g/mol. The van der Waals surface area contributed by atoms with Gasteiger partial charge < -0.3 is 15.3 Å². The number of aromatic hydroxyl groups is 1. The third kappa shape index (κ3) is 2.71. The Morgan fingerprint density at radius 3 is 2.68 bits per heavy atom. The van der Waals surface area contributed by atoms with Crippen LogP contribution in [0.15, 0.2) is 48.9 Å². The lowest BCUT2D eigenvalue weighted by Crippen LogP contribution is -2.44. The van der Waals surface area contributed by atoms with E-state index in [1.165, 1.54) is 12.4 Å². The molecule has 0 radical (unpaired) electrons. The van der Waals surface area contributed by atoms with Gasteiger partial charge in [-0.05, 0) is 22.9 Å². The number of phenols is 1. The lowest BCUT2D eigenvalue weighted by atomic mass is 10.0. The zero-order chi connectivity index (χ0) is 19.1. The van der Waals surface area contributed by atoms with Gasteiger partial charge in [0.25, 0.3) is 0 Å². The SMILES string of the molecule is Oc1cc(-c2ncc3c(N4CCNCC4)ncnc3c2F)c2ccccc2c1. The van der Waals surface area contributed by atoms with Crippen molar-refractivity contribution < 1.29 is 9.50 Å². The van der Waals surface area contributed by atoms with Gasteiger partial charge in [-0.15, -0.1) is 0 Å². The highest BCUT2D eigenvalue weighted by molar-refractivity contribution is 5.99. The van der Waals surface area contributed by atoms with Crippen LogP contribution in [0.4, 0.5) is 10.2 Å². The van der Waals surface area contributed by atoms with Crippen molar-refractivity contribution in [2.75, 3.05) is 31.1 Å². The number of fused-ring (bicyclic) bond motifs is 2. The Labute approximate surface area is 160 Å². The van der Waals surface area contributed by atoms with Gasteiger partial charge in [-0.2, -0.15) is 0 Å². The van der Waals surface area contributed by atoms with E-state index in [2.05, 4.69) is 25.2 Å². The predicted octanol–water partition coefficient (Wildman–Crippen LogP) is 3.10. The van der Waals surface area contributed by atoms with E-state index < -0.39 is 5.82 Å². The van der Waals surface area contributed by atoms with E-state index in [-0.39, 0.29) is 17.0 Å².